The Balaban J connectivity index is 1.47. The predicted octanol–water partition coefficient (Wildman–Crippen LogP) is 1.71. The van der Waals surface area contributed by atoms with Crippen LogP contribution in [-0.2, 0) is 9.47 Å². The molecular weight excluding hydrogens is 242 g/mol. The fourth-order valence-electron chi connectivity index (χ4n) is 2.94. The molecule has 0 aromatic rings. The fourth-order valence-corrected chi connectivity index (χ4v) is 2.94. The molecule has 2 fully saturated rings. The van der Waals surface area contributed by atoms with Crippen molar-refractivity contribution >= 4 is 0 Å². The standard InChI is InChI=1S/C15H29NO3/c17-14(12-19-15-4-2-1-3-5-15)11-16-10-13-6-8-18-9-7-13/h13-17H,1-12H2. The molecule has 0 bridgehead atoms. The van der Waals surface area contributed by atoms with Gasteiger partial charge in [-0.25, -0.2) is 0 Å². The van der Waals surface area contributed by atoms with Crippen molar-refractivity contribution in [3.05, 3.63) is 0 Å². The molecule has 1 unspecified atom stereocenters. The van der Waals surface area contributed by atoms with Crippen molar-refractivity contribution in [1.29, 1.82) is 0 Å². The number of hydrogen-bond donors (Lipinski definition) is 2. The van der Waals surface area contributed by atoms with Gasteiger partial charge in [0.05, 0.1) is 18.8 Å². The van der Waals surface area contributed by atoms with E-state index in [-0.39, 0.29) is 6.10 Å². The minimum Gasteiger partial charge on any atom is -0.389 e. The van der Waals surface area contributed by atoms with E-state index in [1.807, 2.05) is 0 Å². The molecule has 2 aliphatic rings. The van der Waals surface area contributed by atoms with Crippen LogP contribution in [-0.4, -0.2) is 50.2 Å². The van der Waals surface area contributed by atoms with Crippen LogP contribution in [0.5, 0.6) is 0 Å². The highest BCUT2D eigenvalue weighted by Crippen LogP contribution is 2.20. The fraction of sp³-hybridized carbons (Fsp3) is 1.00. The molecule has 1 aliphatic heterocycles. The van der Waals surface area contributed by atoms with Gasteiger partial charge in [-0.1, -0.05) is 19.3 Å². The Hall–Kier alpha value is -0.160. The minimum absolute atomic E-state index is 0.373. The van der Waals surface area contributed by atoms with Crippen molar-refractivity contribution in [2.75, 3.05) is 32.9 Å². The smallest absolute Gasteiger partial charge is 0.0897 e. The Kier molecular flexibility index (Phi) is 7.14. The zero-order chi connectivity index (χ0) is 13.3. The summed E-state index contributed by atoms with van der Waals surface area (Å²) in [6.45, 7) is 3.89. The van der Waals surface area contributed by atoms with Crippen molar-refractivity contribution in [1.82, 2.24) is 5.32 Å². The first-order chi connectivity index (χ1) is 9.34. The van der Waals surface area contributed by atoms with Crippen LogP contribution in [0, 0.1) is 5.92 Å². The summed E-state index contributed by atoms with van der Waals surface area (Å²) < 4.78 is 11.1. The maximum atomic E-state index is 9.90. The van der Waals surface area contributed by atoms with E-state index in [4.69, 9.17) is 9.47 Å². The Labute approximate surface area is 116 Å². The van der Waals surface area contributed by atoms with Gasteiger partial charge < -0.3 is 19.9 Å². The first-order valence-corrected chi connectivity index (χ1v) is 7.92. The number of hydrogen-bond acceptors (Lipinski definition) is 4. The summed E-state index contributed by atoms with van der Waals surface area (Å²) in [6, 6.07) is 0. The summed E-state index contributed by atoms with van der Waals surface area (Å²) in [7, 11) is 0. The molecule has 1 aliphatic carbocycles. The van der Waals surface area contributed by atoms with Gasteiger partial charge in [-0.2, -0.15) is 0 Å². The molecule has 1 atom stereocenters. The van der Waals surface area contributed by atoms with Crippen LogP contribution in [0.25, 0.3) is 0 Å². The van der Waals surface area contributed by atoms with Gasteiger partial charge in [0, 0.05) is 19.8 Å². The normalized spacial score (nSPS) is 24.5. The molecule has 0 radical (unpaired) electrons. The SMILES string of the molecule is OC(CNCC1CCOCC1)COC1CCCCC1. The van der Waals surface area contributed by atoms with Crippen molar-refractivity contribution in [3.63, 3.8) is 0 Å². The van der Waals surface area contributed by atoms with E-state index in [0.717, 1.165) is 32.6 Å². The third-order valence-electron chi connectivity index (χ3n) is 4.23. The van der Waals surface area contributed by atoms with Crippen LogP contribution < -0.4 is 5.32 Å². The van der Waals surface area contributed by atoms with Crippen LogP contribution in [0.1, 0.15) is 44.9 Å². The predicted molar refractivity (Wildman–Crippen MR) is 75.2 cm³/mol. The largest absolute Gasteiger partial charge is 0.389 e. The monoisotopic (exact) mass is 271 g/mol. The van der Waals surface area contributed by atoms with Crippen molar-refractivity contribution in [2.24, 2.45) is 5.92 Å². The highest BCUT2D eigenvalue weighted by atomic mass is 16.5. The Morgan fingerprint density at radius 3 is 2.58 bits per heavy atom. The van der Waals surface area contributed by atoms with Crippen LogP contribution in [0.4, 0.5) is 0 Å². The summed E-state index contributed by atoms with van der Waals surface area (Å²) in [5, 5.41) is 13.3. The van der Waals surface area contributed by atoms with Crippen molar-refractivity contribution in [3.8, 4) is 0 Å². The number of rotatable bonds is 7. The van der Waals surface area contributed by atoms with E-state index in [1.165, 1.54) is 32.1 Å². The second-order valence-electron chi connectivity index (χ2n) is 5.96. The molecule has 0 spiro atoms. The minimum atomic E-state index is -0.373. The quantitative estimate of drug-likeness (QED) is 0.740. The molecule has 4 heteroatoms. The number of aliphatic hydroxyl groups excluding tert-OH is 1. The topological polar surface area (TPSA) is 50.7 Å². The lowest BCUT2D eigenvalue weighted by atomic mass is 9.98. The second kappa shape index (κ2) is 8.90. The molecule has 2 N–H and O–H groups in total. The summed E-state index contributed by atoms with van der Waals surface area (Å²) in [5.41, 5.74) is 0. The molecule has 19 heavy (non-hydrogen) atoms. The van der Waals surface area contributed by atoms with Gasteiger partial charge in [-0.15, -0.1) is 0 Å². The first-order valence-electron chi connectivity index (χ1n) is 7.92. The highest BCUT2D eigenvalue weighted by molar-refractivity contribution is 4.69. The van der Waals surface area contributed by atoms with Crippen LogP contribution in [0.15, 0.2) is 0 Å². The van der Waals surface area contributed by atoms with E-state index in [9.17, 15) is 5.11 Å². The molecule has 0 aromatic carbocycles. The Bertz CT molecular complexity index is 225. The van der Waals surface area contributed by atoms with Crippen LogP contribution in [0.3, 0.4) is 0 Å². The highest BCUT2D eigenvalue weighted by Gasteiger charge is 2.16. The number of nitrogens with one attached hydrogen (secondary N) is 1. The molecule has 2 rings (SSSR count). The molecule has 1 saturated carbocycles. The lowest BCUT2D eigenvalue weighted by Crippen LogP contribution is -2.36. The van der Waals surface area contributed by atoms with Gasteiger partial charge in [0.1, 0.15) is 0 Å². The van der Waals surface area contributed by atoms with Gasteiger partial charge in [0.2, 0.25) is 0 Å². The van der Waals surface area contributed by atoms with Crippen molar-refractivity contribution in [2.45, 2.75) is 57.2 Å². The van der Waals surface area contributed by atoms with Gasteiger partial charge in [-0.3, -0.25) is 0 Å². The maximum Gasteiger partial charge on any atom is 0.0897 e. The van der Waals surface area contributed by atoms with Gasteiger partial charge in [0.25, 0.3) is 0 Å². The molecule has 1 heterocycles. The molecule has 4 nitrogen and oxygen atoms in total. The maximum absolute atomic E-state index is 9.90. The lowest BCUT2D eigenvalue weighted by molar-refractivity contribution is -0.0235. The van der Waals surface area contributed by atoms with E-state index in [2.05, 4.69) is 5.32 Å². The first kappa shape index (κ1) is 15.2. The average Bonchev–Trinajstić information content (AvgIpc) is 2.47. The lowest BCUT2D eigenvalue weighted by Gasteiger charge is -2.25. The van der Waals surface area contributed by atoms with Gasteiger partial charge >= 0.3 is 0 Å². The average molecular weight is 271 g/mol. The summed E-state index contributed by atoms with van der Waals surface area (Å²) in [6.07, 6.45) is 8.54. The van der Waals surface area contributed by atoms with Crippen LogP contribution >= 0.6 is 0 Å². The third kappa shape index (κ3) is 6.21. The van der Waals surface area contributed by atoms with E-state index >= 15 is 0 Å². The second-order valence-corrected chi connectivity index (χ2v) is 5.96. The molecule has 0 aromatic heterocycles. The molecule has 0 amide bonds. The van der Waals surface area contributed by atoms with E-state index in [1.54, 1.807) is 0 Å². The van der Waals surface area contributed by atoms with Crippen molar-refractivity contribution < 1.29 is 14.6 Å². The molecule has 112 valence electrons. The summed E-state index contributed by atoms with van der Waals surface area (Å²) in [4.78, 5) is 0. The number of ether oxygens (including phenoxy) is 2. The van der Waals surface area contributed by atoms with E-state index < -0.39 is 0 Å². The third-order valence-corrected chi connectivity index (χ3v) is 4.23. The van der Waals surface area contributed by atoms with Gasteiger partial charge in [0.15, 0.2) is 0 Å². The summed E-state index contributed by atoms with van der Waals surface area (Å²) in [5.74, 6) is 0.709. The zero-order valence-electron chi connectivity index (χ0n) is 12.0. The van der Waals surface area contributed by atoms with Gasteiger partial charge in [-0.05, 0) is 38.1 Å². The van der Waals surface area contributed by atoms with E-state index in [0.29, 0.717) is 25.2 Å². The summed E-state index contributed by atoms with van der Waals surface area (Å²) >= 11 is 0. The molecular formula is C15H29NO3. The molecule has 1 saturated heterocycles. The van der Waals surface area contributed by atoms with Crippen LogP contribution in [0.2, 0.25) is 0 Å². The Morgan fingerprint density at radius 2 is 1.84 bits per heavy atom. The Morgan fingerprint density at radius 1 is 1.11 bits per heavy atom. The number of aliphatic hydroxyl groups is 1. The zero-order valence-corrected chi connectivity index (χ0v) is 12.0.